The molecule has 0 spiro atoms. The van der Waals surface area contributed by atoms with Crippen LogP contribution in [-0.4, -0.2) is 7.05 Å². The normalized spacial score (nSPS) is 10.6. The third-order valence-electron chi connectivity index (χ3n) is 2.44. The number of halogens is 2. The highest BCUT2D eigenvalue weighted by Crippen LogP contribution is 2.27. The van der Waals surface area contributed by atoms with Gasteiger partial charge in [-0.25, -0.2) is 0 Å². The van der Waals surface area contributed by atoms with E-state index in [9.17, 15) is 0 Å². The number of hydrogen-bond donors (Lipinski definition) is 1. The number of thiophene rings is 1. The lowest BCUT2D eigenvalue weighted by atomic mass is 10.2. The Morgan fingerprint density at radius 1 is 1.39 bits per heavy atom. The first-order valence-electron chi connectivity index (χ1n) is 5.48. The minimum absolute atomic E-state index is 0.566. The van der Waals surface area contributed by atoms with Crippen molar-refractivity contribution in [3.05, 3.63) is 49.6 Å². The molecule has 0 aliphatic carbocycles. The first kappa shape index (κ1) is 13.9. The predicted molar refractivity (Wildman–Crippen MR) is 80.6 cm³/mol. The quantitative estimate of drug-likeness (QED) is 0.863. The molecule has 1 N–H and O–H groups in total. The maximum Gasteiger partial charge on any atom is 0.124 e. The van der Waals surface area contributed by atoms with Gasteiger partial charge in [0.15, 0.2) is 0 Å². The molecule has 5 heteroatoms. The van der Waals surface area contributed by atoms with Crippen LogP contribution in [0.1, 0.15) is 10.4 Å². The number of hydrogen-bond acceptors (Lipinski definition) is 3. The molecule has 0 radical (unpaired) electrons. The SMILES string of the molecule is CNCc1cc(Cl)ccc1OCc1sccc1Br. The van der Waals surface area contributed by atoms with Crippen molar-refractivity contribution in [2.75, 3.05) is 7.05 Å². The van der Waals surface area contributed by atoms with Gasteiger partial charge in [0.1, 0.15) is 12.4 Å². The minimum Gasteiger partial charge on any atom is -0.488 e. The molecule has 2 nitrogen and oxygen atoms in total. The number of nitrogens with one attached hydrogen (secondary N) is 1. The first-order chi connectivity index (χ1) is 8.70. The summed E-state index contributed by atoms with van der Waals surface area (Å²) < 4.78 is 6.95. The van der Waals surface area contributed by atoms with Gasteiger partial charge in [-0.2, -0.15) is 0 Å². The molecule has 18 heavy (non-hydrogen) atoms. The molecular formula is C13H13BrClNOS. The molecule has 0 bridgehead atoms. The topological polar surface area (TPSA) is 21.3 Å². The van der Waals surface area contributed by atoms with Gasteiger partial charge in [0.2, 0.25) is 0 Å². The van der Waals surface area contributed by atoms with Crippen LogP contribution < -0.4 is 10.1 Å². The lowest BCUT2D eigenvalue weighted by Gasteiger charge is -2.11. The maximum absolute atomic E-state index is 5.99. The zero-order valence-electron chi connectivity index (χ0n) is 9.87. The summed E-state index contributed by atoms with van der Waals surface area (Å²) in [5.74, 6) is 0.869. The molecule has 0 aliphatic heterocycles. The molecule has 1 heterocycles. The highest BCUT2D eigenvalue weighted by Gasteiger charge is 2.07. The Balaban J connectivity index is 2.11. The summed E-state index contributed by atoms with van der Waals surface area (Å²) in [4.78, 5) is 1.18. The number of benzene rings is 1. The zero-order chi connectivity index (χ0) is 13.0. The highest BCUT2D eigenvalue weighted by atomic mass is 79.9. The number of ether oxygens (including phenoxy) is 1. The Morgan fingerprint density at radius 3 is 2.89 bits per heavy atom. The van der Waals surface area contributed by atoms with Crippen LogP contribution >= 0.6 is 38.9 Å². The van der Waals surface area contributed by atoms with E-state index >= 15 is 0 Å². The third kappa shape index (κ3) is 3.48. The standard InChI is InChI=1S/C13H13BrClNOS/c1-16-7-9-6-10(15)2-3-12(9)17-8-13-11(14)4-5-18-13/h2-6,16H,7-8H2,1H3. The van der Waals surface area contributed by atoms with Gasteiger partial charge in [0, 0.05) is 21.6 Å². The van der Waals surface area contributed by atoms with Gasteiger partial charge in [-0.05, 0) is 52.6 Å². The summed E-state index contributed by atoms with van der Waals surface area (Å²) in [6.45, 7) is 1.30. The number of rotatable bonds is 5. The third-order valence-corrected chi connectivity index (χ3v) is 4.57. The molecular weight excluding hydrogens is 334 g/mol. The van der Waals surface area contributed by atoms with Gasteiger partial charge in [-0.3, -0.25) is 0 Å². The van der Waals surface area contributed by atoms with Crippen LogP contribution in [0, 0.1) is 0 Å². The molecule has 0 fully saturated rings. The molecule has 96 valence electrons. The largest absolute Gasteiger partial charge is 0.488 e. The minimum atomic E-state index is 0.566. The van der Waals surface area contributed by atoms with Crippen molar-refractivity contribution in [2.24, 2.45) is 0 Å². The summed E-state index contributed by atoms with van der Waals surface area (Å²) in [5.41, 5.74) is 1.07. The zero-order valence-corrected chi connectivity index (χ0v) is 13.0. The average Bonchev–Trinajstić information content (AvgIpc) is 2.74. The van der Waals surface area contributed by atoms with Gasteiger partial charge in [-0.15, -0.1) is 11.3 Å². The lowest BCUT2D eigenvalue weighted by Crippen LogP contribution is -2.07. The fourth-order valence-corrected chi connectivity index (χ4v) is 3.16. The molecule has 1 aromatic heterocycles. The van der Waals surface area contributed by atoms with E-state index in [1.54, 1.807) is 11.3 Å². The highest BCUT2D eigenvalue weighted by molar-refractivity contribution is 9.10. The van der Waals surface area contributed by atoms with Crippen LogP contribution in [0.15, 0.2) is 34.1 Å². The van der Waals surface area contributed by atoms with E-state index in [1.807, 2.05) is 36.7 Å². The van der Waals surface area contributed by atoms with E-state index in [0.717, 1.165) is 27.4 Å². The average molecular weight is 347 g/mol. The van der Waals surface area contributed by atoms with Crippen molar-refractivity contribution >= 4 is 38.9 Å². The second-order valence-corrected chi connectivity index (χ2v) is 6.05. The van der Waals surface area contributed by atoms with Gasteiger partial charge in [-0.1, -0.05) is 11.6 Å². The smallest absolute Gasteiger partial charge is 0.124 e. The lowest BCUT2D eigenvalue weighted by molar-refractivity contribution is 0.305. The molecule has 0 saturated carbocycles. The summed E-state index contributed by atoms with van der Waals surface area (Å²) in [6, 6.07) is 7.71. The van der Waals surface area contributed by atoms with E-state index in [2.05, 4.69) is 21.2 Å². The molecule has 0 atom stereocenters. The fourth-order valence-electron chi connectivity index (χ4n) is 1.59. The molecule has 2 aromatic rings. The van der Waals surface area contributed by atoms with Crippen LogP contribution in [-0.2, 0) is 13.2 Å². The van der Waals surface area contributed by atoms with Crippen LogP contribution in [0.4, 0.5) is 0 Å². The van der Waals surface area contributed by atoms with E-state index in [-0.39, 0.29) is 0 Å². The molecule has 2 rings (SSSR count). The van der Waals surface area contributed by atoms with Crippen molar-refractivity contribution in [2.45, 2.75) is 13.2 Å². The predicted octanol–water partition coefficient (Wildman–Crippen LogP) is 4.46. The van der Waals surface area contributed by atoms with Gasteiger partial charge in [0.25, 0.3) is 0 Å². The molecule has 0 amide bonds. The van der Waals surface area contributed by atoms with Gasteiger partial charge in [0.05, 0.1) is 4.88 Å². The Kier molecular flexibility index (Phi) is 5.06. The Morgan fingerprint density at radius 2 is 2.22 bits per heavy atom. The maximum atomic E-state index is 5.99. The van der Waals surface area contributed by atoms with E-state index in [4.69, 9.17) is 16.3 Å². The van der Waals surface area contributed by atoms with Crippen molar-refractivity contribution in [3.8, 4) is 5.75 Å². The summed E-state index contributed by atoms with van der Waals surface area (Å²) in [7, 11) is 1.90. The van der Waals surface area contributed by atoms with Crippen molar-refractivity contribution in [1.29, 1.82) is 0 Å². The van der Waals surface area contributed by atoms with Crippen molar-refractivity contribution < 1.29 is 4.74 Å². The second-order valence-electron chi connectivity index (χ2n) is 3.76. The summed E-state index contributed by atoms with van der Waals surface area (Å²) in [5, 5.41) is 5.88. The van der Waals surface area contributed by atoms with E-state index in [1.165, 1.54) is 4.88 Å². The van der Waals surface area contributed by atoms with E-state index in [0.29, 0.717) is 6.61 Å². The Hall–Kier alpha value is -0.550. The van der Waals surface area contributed by atoms with Crippen LogP contribution in [0.3, 0.4) is 0 Å². The van der Waals surface area contributed by atoms with E-state index < -0.39 is 0 Å². The van der Waals surface area contributed by atoms with Crippen LogP contribution in [0.25, 0.3) is 0 Å². The second kappa shape index (κ2) is 6.57. The monoisotopic (exact) mass is 345 g/mol. The first-order valence-corrected chi connectivity index (χ1v) is 7.53. The van der Waals surface area contributed by atoms with Crippen LogP contribution in [0.5, 0.6) is 5.75 Å². The molecule has 1 aromatic carbocycles. The van der Waals surface area contributed by atoms with Gasteiger partial charge >= 0.3 is 0 Å². The molecule has 0 unspecified atom stereocenters. The van der Waals surface area contributed by atoms with Crippen LogP contribution in [0.2, 0.25) is 5.02 Å². The summed E-state index contributed by atoms with van der Waals surface area (Å²) >= 11 is 11.2. The Bertz CT molecular complexity index is 529. The van der Waals surface area contributed by atoms with Crippen molar-refractivity contribution in [1.82, 2.24) is 5.32 Å². The van der Waals surface area contributed by atoms with Crippen molar-refractivity contribution in [3.63, 3.8) is 0 Å². The summed E-state index contributed by atoms with van der Waals surface area (Å²) in [6.07, 6.45) is 0. The molecule has 0 aliphatic rings. The fraction of sp³-hybridized carbons (Fsp3) is 0.231. The van der Waals surface area contributed by atoms with Gasteiger partial charge < -0.3 is 10.1 Å². The Labute approximate surface area is 124 Å². The molecule has 0 saturated heterocycles.